The summed E-state index contributed by atoms with van der Waals surface area (Å²) in [5.74, 6) is 1.68. The molecule has 1 saturated heterocycles. The van der Waals surface area contributed by atoms with Crippen LogP contribution in [0.25, 0.3) is 0 Å². The summed E-state index contributed by atoms with van der Waals surface area (Å²) in [5.41, 5.74) is 2.43. The van der Waals surface area contributed by atoms with E-state index in [0.717, 1.165) is 25.2 Å². The molecular formula is C18H25N5O2. The lowest BCUT2D eigenvalue weighted by atomic mass is 10.1. The number of aliphatic hydroxyl groups excluding tert-OH is 1. The van der Waals surface area contributed by atoms with Crippen molar-refractivity contribution in [3.63, 3.8) is 0 Å². The number of fused-ring (bicyclic) bond motifs is 1. The van der Waals surface area contributed by atoms with Crippen LogP contribution < -0.4 is 9.64 Å². The zero-order valence-electron chi connectivity index (χ0n) is 14.6. The lowest BCUT2D eigenvalue weighted by Gasteiger charge is -2.21. The molecule has 134 valence electrons. The van der Waals surface area contributed by atoms with Gasteiger partial charge in [0.25, 0.3) is 0 Å². The second-order valence-electron chi connectivity index (χ2n) is 6.84. The van der Waals surface area contributed by atoms with Crippen LogP contribution in [0.2, 0.25) is 0 Å². The standard InChI is InChI=1S/C18H25N5O2/c1-2-23-9-13(8-21-23)25-17-11-22(10-16(17)24)18-14-6-4-3-5-7-15(14)19-12-20-18/h8-9,12,16-17,24H,2-7,10-11H2,1H3/t16-,17-/m1/s1. The highest BCUT2D eigenvalue weighted by Crippen LogP contribution is 2.29. The Morgan fingerprint density at radius 2 is 2.08 bits per heavy atom. The van der Waals surface area contributed by atoms with Gasteiger partial charge in [-0.3, -0.25) is 4.68 Å². The summed E-state index contributed by atoms with van der Waals surface area (Å²) < 4.78 is 7.79. The van der Waals surface area contributed by atoms with Gasteiger partial charge in [-0.1, -0.05) is 6.42 Å². The summed E-state index contributed by atoms with van der Waals surface area (Å²) in [4.78, 5) is 11.2. The average Bonchev–Trinajstić information content (AvgIpc) is 3.14. The van der Waals surface area contributed by atoms with Crippen molar-refractivity contribution in [3.05, 3.63) is 30.0 Å². The van der Waals surface area contributed by atoms with Crippen LogP contribution in [0.5, 0.6) is 5.75 Å². The molecule has 0 aromatic carbocycles. The van der Waals surface area contributed by atoms with Gasteiger partial charge in [0, 0.05) is 24.3 Å². The molecule has 0 bridgehead atoms. The molecule has 1 aliphatic heterocycles. The predicted octanol–water partition coefficient (Wildman–Crippen LogP) is 1.59. The second kappa shape index (κ2) is 7.00. The Balaban J connectivity index is 1.51. The van der Waals surface area contributed by atoms with Crippen LogP contribution in [0.4, 0.5) is 5.82 Å². The van der Waals surface area contributed by atoms with Gasteiger partial charge in [0.1, 0.15) is 24.4 Å². The van der Waals surface area contributed by atoms with Gasteiger partial charge in [0.05, 0.1) is 18.9 Å². The molecule has 1 N–H and O–H groups in total. The van der Waals surface area contributed by atoms with Gasteiger partial charge in [0.2, 0.25) is 0 Å². The maximum atomic E-state index is 10.5. The molecule has 2 atom stereocenters. The zero-order valence-corrected chi connectivity index (χ0v) is 14.6. The van der Waals surface area contributed by atoms with E-state index in [4.69, 9.17) is 4.74 Å². The third-order valence-corrected chi connectivity index (χ3v) is 5.11. The van der Waals surface area contributed by atoms with E-state index in [-0.39, 0.29) is 6.10 Å². The Morgan fingerprint density at radius 3 is 2.92 bits per heavy atom. The van der Waals surface area contributed by atoms with Crippen LogP contribution in [-0.2, 0) is 19.4 Å². The predicted molar refractivity (Wildman–Crippen MR) is 93.8 cm³/mol. The molecule has 1 fully saturated rings. The minimum atomic E-state index is -0.540. The van der Waals surface area contributed by atoms with Crippen molar-refractivity contribution < 1.29 is 9.84 Å². The molecule has 7 heteroatoms. The van der Waals surface area contributed by atoms with Crippen molar-refractivity contribution in [2.45, 2.75) is 57.8 Å². The van der Waals surface area contributed by atoms with Gasteiger partial charge in [0.15, 0.2) is 5.75 Å². The highest BCUT2D eigenvalue weighted by molar-refractivity contribution is 5.50. The first-order valence-electron chi connectivity index (χ1n) is 9.19. The first-order valence-corrected chi connectivity index (χ1v) is 9.19. The Kier molecular flexibility index (Phi) is 4.57. The number of anilines is 1. The maximum absolute atomic E-state index is 10.5. The third kappa shape index (κ3) is 3.33. The number of nitrogens with zero attached hydrogens (tertiary/aromatic N) is 5. The van der Waals surface area contributed by atoms with E-state index in [1.807, 2.05) is 17.8 Å². The largest absolute Gasteiger partial charge is 0.482 e. The summed E-state index contributed by atoms with van der Waals surface area (Å²) in [6, 6.07) is 0. The fraction of sp³-hybridized carbons (Fsp3) is 0.611. The van der Waals surface area contributed by atoms with Crippen molar-refractivity contribution in [2.75, 3.05) is 18.0 Å². The van der Waals surface area contributed by atoms with E-state index in [0.29, 0.717) is 18.8 Å². The topological polar surface area (TPSA) is 76.3 Å². The van der Waals surface area contributed by atoms with E-state index in [1.165, 1.54) is 30.5 Å². The van der Waals surface area contributed by atoms with E-state index in [9.17, 15) is 5.11 Å². The average molecular weight is 343 g/mol. The lowest BCUT2D eigenvalue weighted by Crippen LogP contribution is -2.30. The molecule has 25 heavy (non-hydrogen) atoms. The fourth-order valence-corrected chi connectivity index (χ4v) is 3.75. The van der Waals surface area contributed by atoms with E-state index >= 15 is 0 Å². The van der Waals surface area contributed by atoms with E-state index in [1.54, 1.807) is 12.5 Å². The van der Waals surface area contributed by atoms with Crippen LogP contribution in [0.1, 0.15) is 37.4 Å². The monoisotopic (exact) mass is 343 g/mol. The van der Waals surface area contributed by atoms with Crippen LogP contribution in [0.3, 0.4) is 0 Å². The first-order chi connectivity index (χ1) is 12.2. The van der Waals surface area contributed by atoms with Crippen molar-refractivity contribution in [1.29, 1.82) is 0 Å². The highest BCUT2D eigenvalue weighted by atomic mass is 16.5. The number of aromatic nitrogens is 4. The molecule has 2 aromatic rings. The van der Waals surface area contributed by atoms with Gasteiger partial charge < -0.3 is 14.7 Å². The van der Waals surface area contributed by atoms with E-state index < -0.39 is 6.10 Å². The summed E-state index contributed by atoms with van der Waals surface area (Å²) in [6.07, 6.45) is 10.1. The Bertz CT molecular complexity index is 732. The maximum Gasteiger partial charge on any atom is 0.157 e. The number of aryl methyl sites for hydroxylation is 2. The van der Waals surface area contributed by atoms with Crippen LogP contribution in [0, 0.1) is 0 Å². The normalized spacial score (nSPS) is 23.4. The lowest BCUT2D eigenvalue weighted by molar-refractivity contribution is 0.0737. The minimum absolute atomic E-state index is 0.272. The van der Waals surface area contributed by atoms with Crippen LogP contribution in [0.15, 0.2) is 18.7 Å². The number of hydrogen-bond donors (Lipinski definition) is 1. The fourth-order valence-electron chi connectivity index (χ4n) is 3.75. The van der Waals surface area contributed by atoms with Crippen LogP contribution in [-0.4, -0.2) is 50.2 Å². The summed E-state index contributed by atoms with van der Waals surface area (Å²) in [6.45, 7) is 4.00. The molecule has 0 amide bonds. The molecule has 1 aliphatic carbocycles. The Morgan fingerprint density at radius 1 is 1.20 bits per heavy atom. The molecule has 3 heterocycles. The molecule has 0 radical (unpaired) electrons. The summed E-state index contributed by atoms with van der Waals surface area (Å²) >= 11 is 0. The smallest absolute Gasteiger partial charge is 0.157 e. The molecule has 0 spiro atoms. The summed E-state index contributed by atoms with van der Waals surface area (Å²) in [7, 11) is 0. The first kappa shape index (κ1) is 16.3. The van der Waals surface area contributed by atoms with Crippen molar-refractivity contribution >= 4 is 5.82 Å². The van der Waals surface area contributed by atoms with Crippen molar-refractivity contribution in [1.82, 2.24) is 19.7 Å². The van der Waals surface area contributed by atoms with Crippen LogP contribution >= 0.6 is 0 Å². The Hall–Kier alpha value is -2.15. The Labute approximate surface area is 147 Å². The molecule has 7 nitrogen and oxygen atoms in total. The number of aliphatic hydroxyl groups is 1. The summed E-state index contributed by atoms with van der Waals surface area (Å²) in [5, 5.41) is 14.7. The van der Waals surface area contributed by atoms with Gasteiger partial charge in [-0.05, 0) is 32.6 Å². The van der Waals surface area contributed by atoms with Gasteiger partial charge in [-0.2, -0.15) is 5.10 Å². The molecule has 0 saturated carbocycles. The van der Waals surface area contributed by atoms with Gasteiger partial charge in [-0.15, -0.1) is 0 Å². The number of ether oxygens (including phenoxy) is 1. The zero-order chi connectivity index (χ0) is 17.2. The minimum Gasteiger partial charge on any atom is -0.482 e. The SMILES string of the molecule is CCn1cc(O[C@@H]2CN(c3ncnc4c3CCCCC4)C[C@H]2O)cn1. The van der Waals surface area contributed by atoms with Crippen molar-refractivity contribution in [2.24, 2.45) is 0 Å². The second-order valence-corrected chi connectivity index (χ2v) is 6.84. The van der Waals surface area contributed by atoms with Gasteiger partial charge >= 0.3 is 0 Å². The quantitative estimate of drug-likeness (QED) is 0.850. The van der Waals surface area contributed by atoms with Crippen molar-refractivity contribution in [3.8, 4) is 5.75 Å². The van der Waals surface area contributed by atoms with E-state index in [2.05, 4.69) is 20.0 Å². The molecule has 2 aliphatic rings. The third-order valence-electron chi connectivity index (χ3n) is 5.11. The molecular weight excluding hydrogens is 318 g/mol. The molecule has 2 aromatic heterocycles. The number of β-amino-alcohol motifs (C(OH)–C–C–N with tert-alkyl or cyclic N) is 1. The number of rotatable bonds is 4. The number of hydrogen-bond acceptors (Lipinski definition) is 6. The van der Waals surface area contributed by atoms with Gasteiger partial charge in [-0.25, -0.2) is 9.97 Å². The molecule has 4 rings (SSSR count). The molecule has 0 unspecified atom stereocenters. The highest BCUT2D eigenvalue weighted by Gasteiger charge is 2.35.